The highest BCUT2D eigenvalue weighted by Gasteiger charge is 2.38. The number of phenolic OH excluding ortho intramolecular Hbond substituents is 1. The maximum absolute atomic E-state index is 15.5. The van der Waals surface area contributed by atoms with Crippen molar-refractivity contribution < 1.29 is 36.1 Å². The summed E-state index contributed by atoms with van der Waals surface area (Å²) < 4.78 is 69.3. The Morgan fingerprint density at radius 3 is 2.55 bits per heavy atom. The number of benzene rings is 3. The van der Waals surface area contributed by atoms with E-state index in [4.69, 9.17) is 0 Å². The molecule has 0 aromatic heterocycles. The van der Waals surface area contributed by atoms with E-state index in [-0.39, 0.29) is 35.1 Å². The van der Waals surface area contributed by atoms with Crippen molar-refractivity contribution in [2.45, 2.75) is 5.75 Å². The highest BCUT2D eigenvalue weighted by atomic mass is 32.2. The molecular weight excluding hydrogens is 543 g/mol. The van der Waals surface area contributed by atoms with Gasteiger partial charge in [-0.2, -0.15) is 12.7 Å². The summed E-state index contributed by atoms with van der Waals surface area (Å²) in [6, 6.07) is 11.2. The number of nitrogens with one attached hydrogen (secondary N) is 1. The number of hydrogen-bond acceptors (Lipinski definition) is 8. The summed E-state index contributed by atoms with van der Waals surface area (Å²) in [5.74, 6) is -3.19. The van der Waals surface area contributed by atoms with E-state index >= 15 is 4.39 Å². The number of phenols is 1. The molecule has 2 aliphatic rings. The van der Waals surface area contributed by atoms with E-state index in [1.54, 1.807) is 16.9 Å². The summed E-state index contributed by atoms with van der Waals surface area (Å²) in [6.07, 6.45) is 1.63. The summed E-state index contributed by atoms with van der Waals surface area (Å²) in [7, 11) is -8.32. The van der Waals surface area contributed by atoms with Crippen molar-refractivity contribution in [3.8, 4) is 5.75 Å². The molecule has 0 aliphatic carbocycles. The van der Waals surface area contributed by atoms with Gasteiger partial charge >= 0.3 is 10.2 Å². The van der Waals surface area contributed by atoms with Crippen molar-refractivity contribution in [2.24, 2.45) is 0 Å². The van der Waals surface area contributed by atoms with E-state index in [1.165, 1.54) is 42.5 Å². The van der Waals surface area contributed by atoms with E-state index < -0.39 is 60.6 Å². The number of nitro benzene ring substituents is 1. The summed E-state index contributed by atoms with van der Waals surface area (Å²) in [5, 5.41) is 21.8. The van der Waals surface area contributed by atoms with Crippen LogP contribution in [0.4, 0.5) is 15.8 Å². The summed E-state index contributed by atoms with van der Waals surface area (Å²) >= 11 is 0. The lowest BCUT2D eigenvalue weighted by molar-refractivity contribution is -0.385. The van der Waals surface area contributed by atoms with Crippen LogP contribution >= 0.6 is 0 Å². The summed E-state index contributed by atoms with van der Waals surface area (Å²) in [6.45, 7) is -0.769. The third-order valence-electron chi connectivity index (χ3n) is 6.28. The number of para-hydroxylation sites is 1. The van der Waals surface area contributed by atoms with Gasteiger partial charge in [0.05, 0.1) is 10.7 Å². The number of fused-ring (bicyclic) bond motifs is 1. The van der Waals surface area contributed by atoms with Crippen LogP contribution < -0.4 is 9.03 Å². The maximum Gasteiger partial charge on any atom is 0.326 e. The van der Waals surface area contributed by atoms with Gasteiger partial charge < -0.3 is 5.11 Å². The van der Waals surface area contributed by atoms with Crippen LogP contribution in [0.15, 0.2) is 54.6 Å². The smallest absolute Gasteiger partial charge is 0.326 e. The number of aromatic hydroxyl groups is 1. The number of rotatable bonds is 6. The molecule has 2 heterocycles. The zero-order chi connectivity index (χ0) is 27.4. The Balaban J connectivity index is 1.44. The number of halogens is 1. The highest BCUT2D eigenvalue weighted by Crippen LogP contribution is 2.39. The first kappa shape index (κ1) is 25.6. The average molecular weight is 563 g/mol. The fourth-order valence-electron chi connectivity index (χ4n) is 4.46. The van der Waals surface area contributed by atoms with Crippen LogP contribution in [-0.2, 0) is 30.8 Å². The molecule has 1 amide bonds. The van der Waals surface area contributed by atoms with E-state index in [0.717, 1.165) is 4.31 Å². The third kappa shape index (κ3) is 4.44. The molecule has 15 heteroatoms. The molecule has 3 aromatic rings. The highest BCUT2D eigenvalue weighted by molar-refractivity contribution is 7.92. The molecule has 0 radical (unpaired) electrons. The Bertz CT molecular complexity index is 1770. The second-order valence-corrected chi connectivity index (χ2v) is 12.3. The molecule has 0 saturated carbocycles. The van der Waals surface area contributed by atoms with Crippen LogP contribution in [0.5, 0.6) is 5.75 Å². The minimum absolute atomic E-state index is 0.000548. The second kappa shape index (κ2) is 9.04. The SMILES string of the molecule is O=C1CN(c2c(O)cc3ccc(C4=CCN(S(=O)(=O)Cc5ccccc5[N+](=O)[O-])C4)cc3c2F)S(=O)(=O)N1. The van der Waals surface area contributed by atoms with Crippen molar-refractivity contribution in [1.29, 1.82) is 0 Å². The zero-order valence-electron chi connectivity index (χ0n) is 19.4. The molecule has 0 bridgehead atoms. The lowest BCUT2D eigenvalue weighted by Crippen LogP contribution is -2.30. The minimum atomic E-state index is -4.38. The first-order chi connectivity index (χ1) is 17.9. The van der Waals surface area contributed by atoms with Gasteiger partial charge in [-0.3, -0.25) is 14.9 Å². The number of hydrogen-bond donors (Lipinski definition) is 2. The Kier molecular flexibility index (Phi) is 6.08. The molecule has 2 N–H and O–H groups in total. The molecule has 198 valence electrons. The van der Waals surface area contributed by atoms with Gasteiger partial charge in [0.25, 0.3) is 11.6 Å². The number of nitrogens with zero attached hydrogens (tertiary/aromatic N) is 3. The van der Waals surface area contributed by atoms with Crippen molar-refractivity contribution in [2.75, 3.05) is 23.9 Å². The second-order valence-electron chi connectivity index (χ2n) is 8.70. The van der Waals surface area contributed by atoms with Crippen LogP contribution in [-0.4, -0.2) is 56.7 Å². The normalized spacial score (nSPS) is 17.6. The topological polar surface area (TPSA) is 167 Å². The lowest BCUT2D eigenvalue weighted by atomic mass is 10.0. The van der Waals surface area contributed by atoms with Gasteiger partial charge in [0.15, 0.2) is 5.82 Å². The van der Waals surface area contributed by atoms with E-state index in [0.29, 0.717) is 15.4 Å². The number of sulfonamides is 1. The molecule has 38 heavy (non-hydrogen) atoms. The molecule has 0 unspecified atom stereocenters. The maximum atomic E-state index is 15.5. The summed E-state index contributed by atoms with van der Waals surface area (Å²) in [4.78, 5) is 22.2. The van der Waals surface area contributed by atoms with Gasteiger partial charge in [-0.1, -0.05) is 36.4 Å². The molecule has 1 saturated heterocycles. The largest absolute Gasteiger partial charge is 0.506 e. The lowest BCUT2D eigenvalue weighted by Gasteiger charge is -2.19. The third-order valence-corrected chi connectivity index (χ3v) is 9.40. The van der Waals surface area contributed by atoms with Crippen LogP contribution in [0.3, 0.4) is 0 Å². The molecular formula is C23H19FN4O8S2. The molecule has 5 rings (SSSR count). The minimum Gasteiger partial charge on any atom is -0.506 e. The van der Waals surface area contributed by atoms with E-state index in [9.17, 15) is 36.9 Å². The van der Waals surface area contributed by atoms with Gasteiger partial charge in [0, 0.05) is 30.1 Å². The predicted molar refractivity (Wildman–Crippen MR) is 135 cm³/mol. The van der Waals surface area contributed by atoms with Gasteiger partial charge in [0.2, 0.25) is 10.0 Å². The Labute approximate surface area is 216 Å². The van der Waals surface area contributed by atoms with Crippen molar-refractivity contribution >= 4 is 53.9 Å². The van der Waals surface area contributed by atoms with Crippen molar-refractivity contribution in [3.05, 3.63) is 81.7 Å². The molecule has 2 aliphatic heterocycles. The van der Waals surface area contributed by atoms with Crippen molar-refractivity contribution in [3.63, 3.8) is 0 Å². The van der Waals surface area contributed by atoms with Crippen LogP contribution in [0.1, 0.15) is 11.1 Å². The predicted octanol–water partition coefficient (Wildman–Crippen LogP) is 2.00. The molecule has 0 spiro atoms. The van der Waals surface area contributed by atoms with Crippen LogP contribution in [0.25, 0.3) is 16.3 Å². The van der Waals surface area contributed by atoms with Gasteiger partial charge in [0.1, 0.15) is 18.0 Å². The van der Waals surface area contributed by atoms with Crippen molar-refractivity contribution in [1.82, 2.24) is 9.03 Å². The first-order valence-corrected chi connectivity index (χ1v) is 14.1. The van der Waals surface area contributed by atoms with E-state index in [1.807, 2.05) is 0 Å². The standard InChI is InChI=1S/C23H19FN4O8S2/c24-22-18-9-14(5-6-15(18)10-20(29)23(22)27-12-21(30)25-38(27,35)36)16-7-8-26(11-16)37(33,34)13-17-3-1-2-4-19(17)28(31)32/h1-7,9-10,29H,8,11-13H2,(H,25,30). The number of amides is 1. The fraction of sp³-hybridized carbons (Fsp3) is 0.174. The quantitative estimate of drug-likeness (QED) is 0.340. The van der Waals surface area contributed by atoms with E-state index in [2.05, 4.69) is 0 Å². The van der Waals surface area contributed by atoms with Gasteiger partial charge in [-0.15, -0.1) is 0 Å². The number of nitro groups is 1. The number of carbonyl (C=O) groups excluding carboxylic acids is 1. The van der Waals surface area contributed by atoms with Gasteiger partial charge in [-0.25, -0.2) is 21.8 Å². The average Bonchev–Trinajstić information content (AvgIpc) is 3.44. The number of anilines is 1. The van der Waals surface area contributed by atoms with Crippen LogP contribution in [0, 0.1) is 15.9 Å². The molecule has 12 nitrogen and oxygen atoms in total. The fourth-order valence-corrected chi connectivity index (χ4v) is 7.08. The molecule has 3 aromatic carbocycles. The van der Waals surface area contributed by atoms with Crippen LogP contribution in [0.2, 0.25) is 0 Å². The Morgan fingerprint density at radius 1 is 1.13 bits per heavy atom. The molecule has 0 atom stereocenters. The zero-order valence-corrected chi connectivity index (χ0v) is 21.0. The Morgan fingerprint density at radius 2 is 1.87 bits per heavy atom. The molecule has 1 fully saturated rings. The summed E-state index contributed by atoms with van der Waals surface area (Å²) in [5.41, 5.74) is 0.0648. The first-order valence-electron chi connectivity index (χ1n) is 11.1. The number of carbonyl (C=O) groups is 1. The van der Waals surface area contributed by atoms with Gasteiger partial charge in [-0.05, 0) is 28.7 Å². The Hall–Kier alpha value is -4.08. The monoisotopic (exact) mass is 562 g/mol.